The molecule has 1 aromatic heterocycles. The van der Waals surface area contributed by atoms with Crippen LogP contribution in [-0.4, -0.2) is 37.4 Å². The van der Waals surface area contributed by atoms with E-state index >= 15 is 0 Å². The van der Waals surface area contributed by atoms with Gasteiger partial charge in [-0.1, -0.05) is 36.4 Å². The Morgan fingerprint density at radius 2 is 1.96 bits per heavy atom. The molecular formula is C20H19N3O2S. The fourth-order valence-electron chi connectivity index (χ4n) is 3.16. The minimum Gasteiger partial charge on any atom is -0.348 e. The van der Waals surface area contributed by atoms with Crippen molar-refractivity contribution >= 4 is 16.7 Å². The number of hydrogen-bond donors (Lipinski definition) is 1. The number of nitrogens with one attached hydrogen (secondary N) is 1. The molecule has 26 heavy (non-hydrogen) atoms. The summed E-state index contributed by atoms with van der Waals surface area (Å²) in [4.78, 5) is 12.5. The predicted octanol–water partition coefficient (Wildman–Crippen LogP) is 2.79. The Bertz CT molecular complexity index is 952. The van der Waals surface area contributed by atoms with Crippen molar-refractivity contribution in [3.8, 4) is 16.9 Å². The van der Waals surface area contributed by atoms with Crippen LogP contribution in [0.1, 0.15) is 16.8 Å². The molecule has 1 aliphatic rings. The number of amides is 1. The predicted molar refractivity (Wildman–Crippen MR) is 103 cm³/mol. The first-order chi connectivity index (χ1) is 12.7. The summed E-state index contributed by atoms with van der Waals surface area (Å²) in [6.45, 7) is 0. The molecule has 0 radical (unpaired) electrons. The summed E-state index contributed by atoms with van der Waals surface area (Å²) < 4.78 is 13.3. The first-order valence-corrected chi connectivity index (χ1v) is 10.1. The molecule has 3 aromatic rings. The van der Waals surface area contributed by atoms with Gasteiger partial charge in [-0.2, -0.15) is 5.10 Å². The van der Waals surface area contributed by atoms with E-state index < -0.39 is 10.8 Å². The van der Waals surface area contributed by atoms with E-state index in [9.17, 15) is 9.00 Å². The van der Waals surface area contributed by atoms with E-state index in [1.54, 1.807) is 12.3 Å². The lowest BCUT2D eigenvalue weighted by molar-refractivity contribution is 0.0941. The van der Waals surface area contributed by atoms with Crippen molar-refractivity contribution < 1.29 is 9.00 Å². The van der Waals surface area contributed by atoms with Crippen molar-refractivity contribution in [1.29, 1.82) is 0 Å². The van der Waals surface area contributed by atoms with Crippen LogP contribution in [0, 0.1) is 0 Å². The molecule has 5 nitrogen and oxygen atoms in total. The summed E-state index contributed by atoms with van der Waals surface area (Å²) in [5.74, 6) is 1.07. The van der Waals surface area contributed by atoms with Crippen molar-refractivity contribution in [3.05, 3.63) is 72.4 Å². The van der Waals surface area contributed by atoms with Crippen LogP contribution in [0.4, 0.5) is 0 Å². The molecule has 132 valence electrons. The molecule has 1 fully saturated rings. The molecule has 1 saturated heterocycles. The topological polar surface area (TPSA) is 64.0 Å². The van der Waals surface area contributed by atoms with E-state index in [0.29, 0.717) is 17.1 Å². The highest BCUT2D eigenvalue weighted by Crippen LogP contribution is 2.22. The van der Waals surface area contributed by atoms with Gasteiger partial charge < -0.3 is 5.32 Å². The second-order valence-electron chi connectivity index (χ2n) is 6.31. The van der Waals surface area contributed by atoms with E-state index in [0.717, 1.165) is 23.4 Å². The lowest BCUT2D eigenvalue weighted by atomic mass is 10.1. The van der Waals surface area contributed by atoms with Crippen molar-refractivity contribution in [2.75, 3.05) is 11.5 Å². The van der Waals surface area contributed by atoms with E-state index in [4.69, 9.17) is 0 Å². The van der Waals surface area contributed by atoms with Gasteiger partial charge in [0.05, 0.1) is 17.6 Å². The van der Waals surface area contributed by atoms with Gasteiger partial charge in [-0.15, -0.1) is 0 Å². The fraction of sp³-hybridized carbons (Fsp3) is 0.200. The number of rotatable bonds is 4. The number of aromatic nitrogens is 2. The zero-order valence-corrected chi connectivity index (χ0v) is 15.0. The number of benzene rings is 2. The van der Waals surface area contributed by atoms with Gasteiger partial charge in [-0.05, 0) is 30.7 Å². The van der Waals surface area contributed by atoms with Crippen LogP contribution in [0.2, 0.25) is 0 Å². The molecule has 0 bridgehead atoms. The van der Waals surface area contributed by atoms with Crippen molar-refractivity contribution in [3.63, 3.8) is 0 Å². The quantitative estimate of drug-likeness (QED) is 0.773. The van der Waals surface area contributed by atoms with E-state index in [1.807, 2.05) is 59.3 Å². The van der Waals surface area contributed by atoms with E-state index in [2.05, 4.69) is 10.4 Å². The molecule has 0 saturated carbocycles. The molecular weight excluding hydrogens is 346 g/mol. The summed E-state index contributed by atoms with van der Waals surface area (Å²) in [6.07, 6.45) is 2.53. The summed E-state index contributed by atoms with van der Waals surface area (Å²) in [7, 11) is -0.808. The Morgan fingerprint density at radius 3 is 2.73 bits per heavy atom. The van der Waals surface area contributed by atoms with Crippen molar-refractivity contribution in [1.82, 2.24) is 15.1 Å². The van der Waals surface area contributed by atoms with E-state index in [-0.39, 0.29) is 11.9 Å². The summed E-state index contributed by atoms with van der Waals surface area (Å²) >= 11 is 0. The maximum atomic E-state index is 12.5. The normalized spacial score (nSPS) is 19.4. The fourth-order valence-corrected chi connectivity index (χ4v) is 4.58. The van der Waals surface area contributed by atoms with Gasteiger partial charge in [-0.3, -0.25) is 9.00 Å². The van der Waals surface area contributed by atoms with Gasteiger partial charge in [-0.25, -0.2) is 4.68 Å². The molecule has 0 spiro atoms. The Morgan fingerprint density at radius 1 is 1.12 bits per heavy atom. The Labute approximate surface area is 154 Å². The lowest BCUT2D eigenvalue weighted by Gasteiger charge is -2.12. The van der Waals surface area contributed by atoms with Gasteiger partial charge >= 0.3 is 0 Å². The van der Waals surface area contributed by atoms with Crippen LogP contribution in [0.3, 0.4) is 0 Å². The number of carbonyl (C=O) groups is 1. The Hall–Kier alpha value is -2.73. The molecule has 1 aliphatic heterocycles. The zero-order valence-electron chi connectivity index (χ0n) is 14.2. The summed E-state index contributed by atoms with van der Waals surface area (Å²) in [5, 5.41) is 7.40. The maximum Gasteiger partial charge on any atom is 0.251 e. The van der Waals surface area contributed by atoms with Crippen LogP contribution in [0.5, 0.6) is 0 Å². The number of hydrogen-bond acceptors (Lipinski definition) is 3. The van der Waals surface area contributed by atoms with Crippen LogP contribution < -0.4 is 5.32 Å². The Balaban J connectivity index is 1.60. The first-order valence-electron chi connectivity index (χ1n) is 8.56. The average Bonchev–Trinajstić information content (AvgIpc) is 3.32. The highest BCUT2D eigenvalue weighted by atomic mass is 32.2. The SMILES string of the molecule is O=C(N[C@H]1CC[S@](=O)C1)c1cccc(-n2nccc2-c2ccccc2)c1. The third kappa shape index (κ3) is 3.46. The number of carbonyl (C=O) groups excluding carboxylic acids is 1. The van der Waals surface area contributed by atoms with Gasteiger partial charge in [0.25, 0.3) is 5.91 Å². The molecule has 2 heterocycles. The van der Waals surface area contributed by atoms with Gasteiger partial charge in [0, 0.05) is 39.5 Å². The summed E-state index contributed by atoms with van der Waals surface area (Å²) in [6, 6.07) is 19.4. The van der Waals surface area contributed by atoms with Crippen molar-refractivity contribution in [2.24, 2.45) is 0 Å². The first kappa shape index (κ1) is 16.7. The smallest absolute Gasteiger partial charge is 0.251 e. The maximum absolute atomic E-state index is 12.5. The van der Waals surface area contributed by atoms with Gasteiger partial charge in [0.1, 0.15) is 0 Å². The molecule has 1 N–H and O–H groups in total. The molecule has 2 atom stereocenters. The Kier molecular flexibility index (Phi) is 4.67. The molecule has 0 unspecified atom stereocenters. The second-order valence-corrected chi connectivity index (χ2v) is 7.94. The van der Waals surface area contributed by atoms with Crippen LogP contribution in [0.25, 0.3) is 16.9 Å². The monoisotopic (exact) mass is 365 g/mol. The van der Waals surface area contributed by atoms with Crippen LogP contribution in [0.15, 0.2) is 66.9 Å². The third-order valence-corrected chi connectivity index (χ3v) is 5.95. The minimum absolute atomic E-state index is 0.00317. The third-order valence-electron chi connectivity index (χ3n) is 4.48. The minimum atomic E-state index is -0.808. The van der Waals surface area contributed by atoms with Crippen molar-refractivity contribution in [2.45, 2.75) is 12.5 Å². The molecule has 6 heteroatoms. The van der Waals surface area contributed by atoms with Crippen LogP contribution in [-0.2, 0) is 10.8 Å². The summed E-state index contributed by atoms with van der Waals surface area (Å²) in [5.41, 5.74) is 3.44. The van der Waals surface area contributed by atoms with Gasteiger partial charge in [0.15, 0.2) is 0 Å². The lowest BCUT2D eigenvalue weighted by Crippen LogP contribution is -2.35. The molecule has 0 aliphatic carbocycles. The van der Waals surface area contributed by atoms with E-state index in [1.165, 1.54) is 0 Å². The zero-order chi connectivity index (χ0) is 17.9. The average molecular weight is 365 g/mol. The molecule has 2 aromatic carbocycles. The second kappa shape index (κ2) is 7.25. The van der Waals surface area contributed by atoms with Crippen LogP contribution >= 0.6 is 0 Å². The van der Waals surface area contributed by atoms with Gasteiger partial charge in [0.2, 0.25) is 0 Å². The molecule has 4 rings (SSSR count). The highest BCUT2D eigenvalue weighted by molar-refractivity contribution is 7.85. The highest BCUT2D eigenvalue weighted by Gasteiger charge is 2.23. The molecule has 1 amide bonds. The standard InChI is InChI=1S/C20H19N3O2S/c24-20(22-17-10-12-26(25)14-17)16-7-4-8-18(13-16)23-19(9-11-21-23)15-5-2-1-3-6-15/h1-9,11,13,17H,10,12,14H2,(H,22,24)/t17-,26-/m0/s1. The number of nitrogens with zero attached hydrogens (tertiary/aromatic N) is 2. The largest absolute Gasteiger partial charge is 0.348 e.